The van der Waals surface area contributed by atoms with Gasteiger partial charge in [-0.2, -0.15) is 0 Å². The van der Waals surface area contributed by atoms with Gasteiger partial charge in [0.25, 0.3) is 0 Å². The Labute approximate surface area is 126 Å². The van der Waals surface area contributed by atoms with Crippen LogP contribution in [0.2, 0.25) is 0 Å². The van der Waals surface area contributed by atoms with Crippen LogP contribution < -0.4 is 5.73 Å². The van der Waals surface area contributed by atoms with Crippen LogP contribution >= 0.6 is 12.4 Å². The molecule has 0 amide bonds. The number of nitrogens with two attached hydrogens (primary N) is 1. The minimum atomic E-state index is -0.634. The second-order valence-electron chi connectivity index (χ2n) is 6.20. The molecule has 1 aromatic rings. The largest absolute Gasteiger partial charge is 0.508 e. The lowest BCUT2D eigenvalue weighted by Crippen LogP contribution is -2.57. The summed E-state index contributed by atoms with van der Waals surface area (Å²) in [7, 11) is 0. The number of fused-ring (bicyclic) bond motifs is 3. The summed E-state index contributed by atoms with van der Waals surface area (Å²) in [6.45, 7) is 0.581. The van der Waals surface area contributed by atoms with E-state index in [-0.39, 0.29) is 17.8 Å². The lowest BCUT2D eigenvalue weighted by molar-refractivity contribution is -0.0862. The van der Waals surface area contributed by atoms with Gasteiger partial charge in [0.15, 0.2) is 0 Å². The molecule has 2 atom stereocenters. The smallest absolute Gasteiger partial charge is 0.115 e. The third kappa shape index (κ3) is 2.12. The van der Waals surface area contributed by atoms with Crippen LogP contribution in [0.1, 0.15) is 49.7 Å². The summed E-state index contributed by atoms with van der Waals surface area (Å²) in [6, 6.07) is 5.62. The monoisotopic (exact) mass is 297 g/mol. The summed E-state index contributed by atoms with van der Waals surface area (Å²) in [4.78, 5) is 0. The van der Waals surface area contributed by atoms with Gasteiger partial charge in [0, 0.05) is 5.41 Å². The average Bonchev–Trinajstić information content (AvgIpc) is 2.40. The number of phenolic OH excluding ortho intramolecular Hbond substituents is 1. The van der Waals surface area contributed by atoms with E-state index in [1.807, 2.05) is 12.1 Å². The Kier molecular flexibility index (Phi) is 4.33. The second kappa shape index (κ2) is 5.55. The fourth-order valence-electron chi connectivity index (χ4n) is 4.37. The van der Waals surface area contributed by atoms with Gasteiger partial charge in [-0.25, -0.2) is 0 Å². The minimum Gasteiger partial charge on any atom is -0.508 e. The molecule has 0 saturated heterocycles. The van der Waals surface area contributed by atoms with Gasteiger partial charge >= 0.3 is 0 Å². The van der Waals surface area contributed by atoms with Crippen LogP contribution in [-0.4, -0.2) is 22.4 Å². The van der Waals surface area contributed by atoms with Crippen molar-refractivity contribution in [1.82, 2.24) is 0 Å². The van der Waals surface area contributed by atoms with E-state index in [0.29, 0.717) is 12.3 Å². The van der Waals surface area contributed by atoms with Gasteiger partial charge in [-0.05, 0) is 61.9 Å². The fourth-order valence-corrected chi connectivity index (χ4v) is 4.37. The van der Waals surface area contributed by atoms with E-state index in [1.54, 1.807) is 6.07 Å². The van der Waals surface area contributed by atoms with E-state index < -0.39 is 5.60 Å². The van der Waals surface area contributed by atoms with Crippen molar-refractivity contribution in [2.24, 2.45) is 5.73 Å². The van der Waals surface area contributed by atoms with Crippen molar-refractivity contribution in [3.05, 3.63) is 29.3 Å². The highest BCUT2D eigenvalue weighted by molar-refractivity contribution is 5.85. The molecule has 0 aromatic heterocycles. The first-order chi connectivity index (χ1) is 9.11. The molecular formula is C16H24ClNO2. The van der Waals surface area contributed by atoms with Gasteiger partial charge in [-0.15, -0.1) is 12.4 Å². The number of hydrogen-bond acceptors (Lipinski definition) is 3. The molecule has 2 unspecified atom stereocenters. The molecule has 3 nitrogen and oxygen atoms in total. The molecule has 2 aliphatic rings. The number of hydrogen-bond donors (Lipinski definition) is 3. The van der Waals surface area contributed by atoms with Crippen LogP contribution in [-0.2, 0) is 11.8 Å². The van der Waals surface area contributed by atoms with Crippen LogP contribution in [0.15, 0.2) is 18.2 Å². The van der Waals surface area contributed by atoms with Crippen molar-refractivity contribution in [3.63, 3.8) is 0 Å². The summed E-state index contributed by atoms with van der Waals surface area (Å²) >= 11 is 0. The number of aromatic hydroxyl groups is 1. The number of aliphatic hydroxyl groups is 1. The predicted molar refractivity (Wildman–Crippen MR) is 82.4 cm³/mol. The normalized spacial score (nSPS) is 31.9. The highest BCUT2D eigenvalue weighted by Crippen LogP contribution is 2.54. The van der Waals surface area contributed by atoms with Gasteiger partial charge in [0.2, 0.25) is 0 Å². The first kappa shape index (κ1) is 15.6. The lowest BCUT2D eigenvalue weighted by atomic mass is 9.53. The Morgan fingerprint density at radius 3 is 2.65 bits per heavy atom. The van der Waals surface area contributed by atoms with Gasteiger partial charge in [0.1, 0.15) is 5.75 Å². The van der Waals surface area contributed by atoms with E-state index in [9.17, 15) is 10.2 Å². The quantitative estimate of drug-likeness (QED) is 0.786. The van der Waals surface area contributed by atoms with E-state index >= 15 is 0 Å². The summed E-state index contributed by atoms with van der Waals surface area (Å²) in [5.74, 6) is 0.296. The zero-order valence-corrected chi connectivity index (χ0v) is 12.6. The molecule has 0 aliphatic heterocycles. The maximum Gasteiger partial charge on any atom is 0.115 e. The Morgan fingerprint density at radius 2 is 1.90 bits per heavy atom. The second-order valence-corrected chi connectivity index (χ2v) is 6.20. The van der Waals surface area contributed by atoms with E-state index in [4.69, 9.17) is 5.73 Å². The molecular weight excluding hydrogens is 274 g/mol. The highest BCUT2D eigenvalue weighted by Gasteiger charge is 2.54. The summed E-state index contributed by atoms with van der Waals surface area (Å²) < 4.78 is 0. The molecule has 1 fully saturated rings. The van der Waals surface area contributed by atoms with Gasteiger partial charge in [0.05, 0.1) is 5.60 Å². The molecule has 1 aromatic carbocycles. The van der Waals surface area contributed by atoms with Crippen molar-refractivity contribution in [1.29, 1.82) is 0 Å². The van der Waals surface area contributed by atoms with Crippen LogP contribution in [0.5, 0.6) is 5.75 Å². The lowest BCUT2D eigenvalue weighted by Gasteiger charge is -2.54. The van der Waals surface area contributed by atoms with Crippen molar-refractivity contribution in [2.75, 3.05) is 6.54 Å². The molecule has 0 heterocycles. The maximum absolute atomic E-state index is 11.2. The zero-order chi connectivity index (χ0) is 13.5. The average molecular weight is 298 g/mol. The van der Waals surface area contributed by atoms with Gasteiger partial charge in [-0.3, -0.25) is 0 Å². The molecule has 2 aliphatic carbocycles. The van der Waals surface area contributed by atoms with E-state index in [0.717, 1.165) is 50.5 Å². The number of phenols is 1. The van der Waals surface area contributed by atoms with Crippen LogP contribution in [0.25, 0.3) is 0 Å². The fraction of sp³-hybridized carbons (Fsp3) is 0.625. The predicted octanol–water partition coefficient (Wildman–Crippen LogP) is 2.65. The summed E-state index contributed by atoms with van der Waals surface area (Å²) in [6.07, 6.45) is 6.61. The van der Waals surface area contributed by atoms with Crippen molar-refractivity contribution >= 4 is 12.4 Å². The third-order valence-electron chi connectivity index (χ3n) is 5.32. The Morgan fingerprint density at radius 1 is 1.15 bits per heavy atom. The molecule has 0 radical (unpaired) electrons. The van der Waals surface area contributed by atoms with Crippen LogP contribution in [0.3, 0.4) is 0 Å². The Hall–Kier alpha value is -0.770. The van der Waals surface area contributed by atoms with Crippen molar-refractivity contribution in [2.45, 2.75) is 56.0 Å². The minimum absolute atomic E-state index is 0. The standard InChI is InChI=1S/C16H23NO2.ClH/c17-10-9-15-6-1-2-7-16(15,19)8-5-12-3-4-13(18)11-14(12)15;/h3-4,11,18-19H,1-2,5-10,17H2;1H. The Balaban J connectivity index is 0.00000147. The molecule has 0 spiro atoms. The summed E-state index contributed by atoms with van der Waals surface area (Å²) in [5.41, 5.74) is 7.38. The number of halogens is 1. The van der Waals surface area contributed by atoms with Gasteiger partial charge < -0.3 is 15.9 Å². The molecule has 20 heavy (non-hydrogen) atoms. The number of benzene rings is 1. The van der Waals surface area contributed by atoms with Crippen molar-refractivity contribution in [3.8, 4) is 5.75 Å². The van der Waals surface area contributed by atoms with Crippen LogP contribution in [0.4, 0.5) is 0 Å². The SMILES string of the molecule is Cl.NCCC12CCCCC1(O)CCc1ccc(O)cc12. The van der Waals surface area contributed by atoms with E-state index in [2.05, 4.69) is 0 Å². The number of aryl methyl sites for hydroxylation is 1. The zero-order valence-electron chi connectivity index (χ0n) is 11.8. The summed E-state index contributed by atoms with van der Waals surface area (Å²) in [5, 5.41) is 21.0. The first-order valence-electron chi connectivity index (χ1n) is 7.36. The van der Waals surface area contributed by atoms with Crippen LogP contribution in [0, 0.1) is 0 Å². The number of rotatable bonds is 2. The topological polar surface area (TPSA) is 66.5 Å². The maximum atomic E-state index is 11.2. The van der Waals surface area contributed by atoms with E-state index in [1.165, 1.54) is 5.56 Å². The molecule has 0 bridgehead atoms. The first-order valence-corrected chi connectivity index (χ1v) is 7.36. The highest BCUT2D eigenvalue weighted by atomic mass is 35.5. The Bertz CT molecular complexity index is 489. The molecule has 4 heteroatoms. The molecule has 1 saturated carbocycles. The third-order valence-corrected chi connectivity index (χ3v) is 5.32. The van der Waals surface area contributed by atoms with Crippen molar-refractivity contribution < 1.29 is 10.2 Å². The molecule has 3 rings (SSSR count). The molecule has 112 valence electrons. The molecule has 4 N–H and O–H groups in total. The van der Waals surface area contributed by atoms with Gasteiger partial charge in [-0.1, -0.05) is 18.9 Å².